The van der Waals surface area contributed by atoms with Gasteiger partial charge in [-0.3, -0.25) is 4.79 Å². The van der Waals surface area contributed by atoms with Crippen LogP contribution < -0.4 is 9.64 Å². The van der Waals surface area contributed by atoms with Crippen LogP contribution in [0, 0.1) is 13.8 Å². The van der Waals surface area contributed by atoms with Crippen LogP contribution in [0.25, 0.3) is 11.0 Å². The summed E-state index contributed by atoms with van der Waals surface area (Å²) in [5.74, 6) is 0.451. The quantitative estimate of drug-likeness (QED) is 0.597. The number of carbonyl (C=O) groups excluding carboxylic acids is 1. The fourth-order valence-electron chi connectivity index (χ4n) is 3.57. The molecule has 8 nitrogen and oxygen atoms in total. The number of pyridine rings is 1. The summed E-state index contributed by atoms with van der Waals surface area (Å²) in [6.07, 6.45) is 1.98. The third kappa shape index (κ3) is 4.02. The Morgan fingerprint density at radius 2 is 1.83 bits per heavy atom. The number of anilines is 1. The maximum atomic E-state index is 12.8. The van der Waals surface area contributed by atoms with Gasteiger partial charge in [-0.15, -0.1) is 5.10 Å². The molecule has 0 aliphatic rings. The summed E-state index contributed by atoms with van der Waals surface area (Å²) in [6.45, 7) is 3.92. The average Bonchev–Trinajstić information content (AvgIpc) is 3.02. The van der Waals surface area contributed by atoms with Crippen LogP contribution in [0.2, 0.25) is 0 Å². The molecular weight excluding hydrogens is 404 g/mol. The number of amides is 1. The number of hydrogen-bond acceptors (Lipinski definition) is 6. The number of benzene rings is 1. The second-order valence-electron chi connectivity index (χ2n) is 7.35. The Balaban J connectivity index is 1.81. The molecule has 1 amide bonds. The van der Waals surface area contributed by atoms with E-state index < -0.39 is 9.84 Å². The Labute approximate surface area is 176 Å². The topological polar surface area (TPSA) is 94.4 Å². The van der Waals surface area contributed by atoms with E-state index >= 15 is 0 Å². The van der Waals surface area contributed by atoms with Crippen molar-refractivity contribution < 1.29 is 17.9 Å². The minimum atomic E-state index is -3.27. The number of rotatable bonds is 6. The Hall–Kier alpha value is -2.94. The molecule has 0 saturated carbocycles. The number of hydrogen-bond donors (Lipinski definition) is 0. The van der Waals surface area contributed by atoms with Crippen LogP contribution in [0.1, 0.15) is 23.2 Å². The van der Waals surface area contributed by atoms with Gasteiger partial charge >= 0.3 is 0 Å². The summed E-state index contributed by atoms with van der Waals surface area (Å²) in [6, 6.07) is 6.29. The first-order chi connectivity index (χ1) is 14.0. The van der Waals surface area contributed by atoms with Gasteiger partial charge in [0.1, 0.15) is 0 Å². The predicted octanol–water partition coefficient (Wildman–Crippen LogP) is 2.59. The monoisotopic (exact) mass is 430 g/mol. The van der Waals surface area contributed by atoms with E-state index in [-0.39, 0.29) is 10.8 Å². The lowest BCUT2D eigenvalue weighted by Gasteiger charge is -2.18. The molecule has 0 aliphatic heterocycles. The molecule has 1 aromatic carbocycles. The van der Waals surface area contributed by atoms with Crippen LogP contribution in [0.15, 0.2) is 29.2 Å². The van der Waals surface area contributed by atoms with E-state index in [2.05, 4.69) is 10.1 Å². The zero-order chi connectivity index (χ0) is 22.2. The van der Waals surface area contributed by atoms with Gasteiger partial charge in [-0.25, -0.2) is 18.1 Å². The van der Waals surface area contributed by atoms with E-state index in [0.29, 0.717) is 24.4 Å². The normalized spacial score (nSPS) is 11.7. The number of sulfone groups is 1. The lowest BCUT2D eigenvalue weighted by atomic mass is 10.00. The third-order valence-corrected chi connectivity index (χ3v) is 6.46. The van der Waals surface area contributed by atoms with Crippen molar-refractivity contribution >= 4 is 32.5 Å². The summed E-state index contributed by atoms with van der Waals surface area (Å²) in [5, 5.41) is 5.21. The molecule has 0 saturated heterocycles. The van der Waals surface area contributed by atoms with E-state index in [0.717, 1.165) is 34.1 Å². The van der Waals surface area contributed by atoms with Crippen LogP contribution in [0.5, 0.6) is 5.88 Å². The minimum Gasteiger partial charge on any atom is -0.479 e. The molecule has 0 spiro atoms. The molecule has 2 aromatic heterocycles. The first-order valence-corrected chi connectivity index (χ1v) is 11.4. The Morgan fingerprint density at radius 3 is 2.40 bits per heavy atom. The van der Waals surface area contributed by atoms with Crippen molar-refractivity contribution in [1.29, 1.82) is 0 Å². The van der Waals surface area contributed by atoms with E-state index in [9.17, 15) is 13.2 Å². The number of carbonyl (C=O) groups is 1. The van der Waals surface area contributed by atoms with Crippen molar-refractivity contribution in [3.05, 3.63) is 41.1 Å². The standard InChI is InChI=1S/C21H26N4O4S/c1-13-17(14(2)22-20-19(13)21(29-5)23-25(20)4)11-12-18(26)24(3)15-7-9-16(10-8-15)30(6,27)28/h7-10H,11-12H2,1-6H3. The first kappa shape index (κ1) is 21.8. The van der Waals surface area contributed by atoms with Crippen molar-refractivity contribution in [2.45, 2.75) is 31.6 Å². The Bertz CT molecular complexity index is 1210. The lowest BCUT2D eigenvalue weighted by Crippen LogP contribution is -2.26. The van der Waals surface area contributed by atoms with Crippen molar-refractivity contribution in [1.82, 2.24) is 14.8 Å². The van der Waals surface area contributed by atoms with Gasteiger partial charge in [0.2, 0.25) is 11.8 Å². The highest BCUT2D eigenvalue weighted by Crippen LogP contribution is 2.30. The number of ether oxygens (including phenoxy) is 1. The number of fused-ring (bicyclic) bond motifs is 1. The maximum absolute atomic E-state index is 12.8. The van der Waals surface area contributed by atoms with Crippen LogP contribution in [-0.4, -0.2) is 49.5 Å². The lowest BCUT2D eigenvalue weighted by molar-refractivity contribution is -0.118. The maximum Gasteiger partial charge on any atom is 0.242 e. The minimum absolute atomic E-state index is 0.0702. The molecule has 3 rings (SSSR count). The van der Waals surface area contributed by atoms with Crippen molar-refractivity contribution in [2.24, 2.45) is 7.05 Å². The molecule has 2 heterocycles. The fraction of sp³-hybridized carbons (Fsp3) is 0.381. The zero-order valence-corrected chi connectivity index (χ0v) is 18.9. The van der Waals surface area contributed by atoms with E-state index in [4.69, 9.17) is 4.74 Å². The Kier molecular flexibility index (Phi) is 5.85. The molecule has 0 atom stereocenters. The van der Waals surface area contributed by atoms with Gasteiger partial charge in [0.15, 0.2) is 15.5 Å². The van der Waals surface area contributed by atoms with E-state index in [1.54, 1.807) is 31.0 Å². The van der Waals surface area contributed by atoms with Crippen LogP contribution in [-0.2, 0) is 28.1 Å². The van der Waals surface area contributed by atoms with E-state index in [1.165, 1.54) is 17.0 Å². The fourth-order valence-corrected chi connectivity index (χ4v) is 4.20. The molecular formula is C21H26N4O4S. The van der Waals surface area contributed by atoms with Crippen LogP contribution in [0.4, 0.5) is 5.69 Å². The molecule has 0 radical (unpaired) electrons. The molecule has 0 bridgehead atoms. The molecule has 0 N–H and O–H groups in total. The Morgan fingerprint density at radius 1 is 1.20 bits per heavy atom. The highest BCUT2D eigenvalue weighted by atomic mass is 32.2. The van der Waals surface area contributed by atoms with Gasteiger partial charge < -0.3 is 9.64 Å². The number of methoxy groups -OCH3 is 1. The number of nitrogens with zero attached hydrogens (tertiary/aromatic N) is 4. The van der Waals surface area contributed by atoms with Crippen LogP contribution >= 0.6 is 0 Å². The van der Waals surface area contributed by atoms with Crippen LogP contribution in [0.3, 0.4) is 0 Å². The largest absolute Gasteiger partial charge is 0.479 e. The van der Waals surface area contributed by atoms with E-state index in [1.807, 2.05) is 20.9 Å². The summed E-state index contributed by atoms with van der Waals surface area (Å²) >= 11 is 0. The summed E-state index contributed by atoms with van der Waals surface area (Å²) in [7, 11) is 1.81. The highest BCUT2D eigenvalue weighted by molar-refractivity contribution is 7.90. The van der Waals surface area contributed by atoms with Gasteiger partial charge in [-0.1, -0.05) is 0 Å². The van der Waals surface area contributed by atoms with Crippen molar-refractivity contribution in [3.63, 3.8) is 0 Å². The summed E-state index contributed by atoms with van der Waals surface area (Å²) in [5.41, 5.74) is 4.26. The SMILES string of the molecule is COc1nn(C)c2nc(C)c(CCC(=O)N(C)c3ccc(S(C)(=O)=O)cc3)c(C)c12. The number of aromatic nitrogens is 3. The average molecular weight is 431 g/mol. The van der Waals surface area contributed by atoms with Gasteiger partial charge in [0.25, 0.3) is 0 Å². The molecule has 0 fully saturated rings. The summed E-state index contributed by atoms with van der Waals surface area (Å²) < 4.78 is 30.3. The summed E-state index contributed by atoms with van der Waals surface area (Å²) in [4.78, 5) is 19.2. The third-order valence-electron chi connectivity index (χ3n) is 5.33. The highest BCUT2D eigenvalue weighted by Gasteiger charge is 2.19. The van der Waals surface area contributed by atoms with Crippen molar-refractivity contribution in [2.75, 3.05) is 25.3 Å². The van der Waals surface area contributed by atoms with Gasteiger partial charge in [-0.05, 0) is 55.7 Å². The van der Waals surface area contributed by atoms with Gasteiger partial charge in [0, 0.05) is 38.2 Å². The van der Waals surface area contributed by atoms with Gasteiger partial charge in [0.05, 0.1) is 17.4 Å². The number of aryl methyl sites for hydroxylation is 3. The zero-order valence-electron chi connectivity index (χ0n) is 18.1. The second kappa shape index (κ2) is 8.06. The molecule has 30 heavy (non-hydrogen) atoms. The first-order valence-electron chi connectivity index (χ1n) is 9.48. The molecule has 0 aliphatic carbocycles. The molecule has 160 valence electrons. The molecule has 0 unspecified atom stereocenters. The molecule has 3 aromatic rings. The molecule has 9 heteroatoms. The van der Waals surface area contributed by atoms with Crippen molar-refractivity contribution in [3.8, 4) is 5.88 Å². The smallest absolute Gasteiger partial charge is 0.242 e. The van der Waals surface area contributed by atoms with Gasteiger partial charge in [-0.2, -0.15) is 0 Å². The second-order valence-corrected chi connectivity index (χ2v) is 9.37. The predicted molar refractivity (Wildman–Crippen MR) is 116 cm³/mol.